The van der Waals surface area contributed by atoms with Crippen LogP contribution in [0.5, 0.6) is 5.75 Å². The molecular formula is C18H28IN3O. The molecule has 128 valence electrons. The molecule has 0 heterocycles. The van der Waals surface area contributed by atoms with Crippen molar-refractivity contribution in [3.05, 3.63) is 42.0 Å². The summed E-state index contributed by atoms with van der Waals surface area (Å²) in [7, 11) is 0. The normalized spacial score (nSPS) is 14.7. The van der Waals surface area contributed by atoms with Crippen molar-refractivity contribution in [3.63, 3.8) is 0 Å². The highest BCUT2D eigenvalue weighted by Gasteiger charge is 2.11. The van der Waals surface area contributed by atoms with E-state index in [0.717, 1.165) is 36.7 Å². The maximum absolute atomic E-state index is 5.73. The van der Waals surface area contributed by atoms with Crippen LogP contribution in [0.1, 0.15) is 39.2 Å². The van der Waals surface area contributed by atoms with Gasteiger partial charge < -0.3 is 15.4 Å². The van der Waals surface area contributed by atoms with Crippen molar-refractivity contribution < 1.29 is 4.74 Å². The standard InChI is InChI=1S/C18H27N3O.HI/c1-4-19-18(21-16-9-5-6-10-16)20-13-15-8-7-11-17(12-15)22-14(2)3;/h5-8,11-12,14,16H,4,9-10,13H2,1-3H3,(H2,19,20,21);1H. The van der Waals surface area contributed by atoms with Crippen LogP contribution in [0.3, 0.4) is 0 Å². The van der Waals surface area contributed by atoms with Crippen molar-refractivity contribution >= 4 is 29.9 Å². The smallest absolute Gasteiger partial charge is 0.191 e. The van der Waals surface area contributed by atoms with Gasteiger partial charge in [0.05, 0.1) is 12.6 Å². The average Bonchev–Trinajstić information content (AvgIpc) is 2.98. The first-order valence-electron chi connectivity index (χ1n) is 8.12. The molecule has 0 aliphatic heterocycles. The third-order valence-corrected chi connectivity index (χ3v) is 3.38. The van der Waals surface area contributed by atoms with E-state index in [9.17, 15) is 0 Å². The zero-order valence-electron chi connectivity index (χ0n) is 14.2. The van der Waals surface area contributed by atoms with E-state index in [2.05, 4.69) is 46.8 Å². The first-order chi connectivity index (χ1) is 10.7. The highest BCUT2D eigenvalue weighted by atomic mass is 127. The molecule has 0 bridgehead atoms. The van der Waals surface area contributed by atoms with Gasteiger partial charge in [0, 0.05) is 12.6 Å². The zero-order chi connectivity index (χ0) is 15.8. The summed E-state index contributed by atoms with van der Waals surface area (Å²) in [6, 6.07) is 8.61. The van der Waals surface area contributed by atoms with Gasteiger partial charge in [-0.05, 0) is 51.3 Å². The van der Waals surface area contributed by atoms with Crippen LogP contribution in [0.4, 0.5) is 0 Å². The molecule has 0 atom stereocenters. The van der Waals surface area contributed by atoms with Crippen LogP contribution in [-0.4, -0.2) is 24.7 Å². The Morgan fingerprint density at radius 2 is 2.04 bits per heavy atom. The Hall–Kier alpha value is -1.24. The lowest BCUT2D eigenvalue weighted by Gasteiger charge is -2.16. The third kappa shape index (κ3) is 7.24. The largest absolute Gasteiger partial charge is 0.491 e. The van der Waals surface area contributed by atoms with Gasteiger partial charge in [0.2, 0.25) is 0 Å². The second kappa shape index (κ2) is 10.5. The Balaban J connectivity index is 0.00000264. The molecule has 0 aromatic heterocycles. The lowest BCUT2D eigenvalue weighted by atomic mass is 10.2. The Morgan fingerprint density at radius 1 is 1.30 bits per heavy atom. The molecule has 0 saturated carbocycles. The van der Waals surface area contributed by atoms with E-state index in [1.54, 1.807) is 0 Å². The van der Waals surface area contributed by atoms with E-state index >= 15 is 0 Å². The van der Waals surface area contributed by atoms with E-state index in [0.29, 0.717) is 12.6 Å². The van der Waals surface area contributed by atoms with Gasteiger partial charge in [0.1, 0.15) is 5.75 Å². The molecule has 2 N–H and O–H groups in total. The van der Waals surface area contributed by atoms with Crippen molar-refractivity contribution in [3.8, 4) is 5.75 Å². The monoisotopic (exact) mass is 429 g/mol. The molecule has 1 aromatic rings. The molecule has 1 aliphatic rings. The minimum Gasteiger partial charge on any atom is -0.491 e. The molecule has 0 saturated heterocycles. The summed E-state index contributed by atoms with van der Waals surface area (Å²) < 4.78 is 5.73. The van der Waals surface area contributed by atoms with Crippen molar-refractivity contribution in [2.75, 3.05) is 6.54 Å². The summed E-state index contributed by atoms with van der Waals surface area (Å²) in [6.07, 6.45) is 6.76. The van der Waals surface area contributed by atoms with Crippen molar-refractivity contribution in [1.29, 1.82) is 0 Å². The van der Waals surface area contributed by atoms with Gasteiger partial charge in [-0.3, -0.25) is 0 Å². The van der Waals surface area contributed by atoms with E-state index in [1.165, 1.54) is 0 Å². The average molecular weight is 429 g/mol. The third-order valence-electron chi connectivity index (χ3n) is 3.38. The number of rotatable bonds is 6. The van der Waals surface area contributed by atoms with E-state index in [1.807, 2.05) is 26.0 Å². The van der Waals surface area contributed by atoms with Gasteiger partial charge in [0.15, 0.2) is 5.96 Å². The maximum atomic E-state index is 5.73. The molecule has 0 fully saturated rings. The van der Waals surface area contributed by atoms with Gasteiger partial charge in [-0.15, -0.1) is 24.0 Å². The molecule has 1 aromatic carbocycles. The van der Waals surface area contributed by atoms with Crippen LogP contribution in [-0.2, 0) is 6.54 Å². The number of guanidine groups is 1. The Morgan fingerprint density at radius 3 is 2.70 bits per heavy atom. The first kappa shape index (κ1) is 19.8. The van der Waals surface area contributed by atoms with Crippen LogP contribution in [0.25, 0.3) is 0 Å². The molecule has 0 amide bonds. The van der Waals surface area contributed by atoms with Gasteiger partial charge in [-0.2, -0.15) is 0 Å². The van der Waals surface area contributed by atoms with Crippen molar-refractivity contribution in [2.24, 2.45) is 4.99 Å². The minimum absolute atomic E-state index is 0. The number of ether oxygens (including phenoxy) is 1. The molecule has 0 unspecified atom stereocenters. The molecule has 0 radical (unpaired) electrons. The number of hydrogen-bond acceptors (Lipinski definition) is 2. The lowest BCUT2D eigenvalue weighted by Crippen LogP contribution is -2.42. The summed E-state index contributed by atoms with van der Waals surface area (Å²) in [6.45, 7) is 7.66. The number of nitrogens with zero attached hydrogens (tertiary/aromatic N) is 1. The van der Waals surface area contributed by atoms with E-state index in [-0.39, 0.29) is 30.1 Å². The van der Waals surface area contributed by atoms with Gasteiger partial charge in [-0.25, -0.2) is 4.99 Å². The predicted molar refractivity (Wildman–Crippen MR) is 108 cm³/mol. The lowest BCUT2D eigenvalue weighted by molar-refractivity contribution is 0.242. The van der Waals surface area contributed by atoms with Gasteiger partial charge >= 0.3 is 0 Å². The summed E-state index contributed by atoms with van der Waals surface area (Å²) in [4.78, 5) is 4.68. The number of benzene rings is 1. The summed E-state index contributed by atoms with van der Waals surface area (Å²) in [5, 5.41) is 6.79. The highest BCUT2D eigenvalue weighted by Crippen LogP contribution is 2.15. The van der Waals surface area contributed by atoms with Crippen LogP contribution >= 0.6 is 24.0 Å². The van der Waals surface area contributed by atoms with E-state index < -0.39 is 0 Å². The SMILES string of the molecule is CCNC(=NCc1cccc(OC(C)C)c1)NC1CC=CC1.I. The molecule has 23 heavy (non-hydrogen) atoms. The Labute approximate surface area is 156 Å². The topological polar surface area (TPSA) is 45.7 Å². The highest BCUT2D eigenvalue weighted by molar-refractivity contribution is 14.0. The number of nitrogens with one attached hydrogen (secondary N) is 2. The molecular weight excluding hydrogens is 401 g/mol. The minimum atomic E-state index is 0. The van der Waals surface area contributed by atoms with Crippen LogP contribution in [0, 0.1) is 0 Å². The zero-order valence-corrected chi connectivity index (χ0v) is 16.5. The fraction of sp³-hybridized carbons (Fsp3) is 0.500. The Bertz CT molecular complexity index is 521. The van der Waals surface area contributed by atoms with E-state index in [4.69, 9.17) is 4.74 Å². The molecule has 0 spiro atoms. The first-order valence-corrected chi connectivity index (χ1v) is 8.12. The molecule has 1 aliphatic carbocycles. The molecule has 5 heteroatoms. The van der Waals surface area contributed by atoms with Gasteiger partial charge in [-0.1, -0.05) is 24.3 Å². The second-order valence-corrected chi connectivity index (χ2v) is 5.79. The summed E-state index contributed by atoms with van der Waals surface area (Å²) in [5.74, 6) is 1.78. The quantitative estimate of drug-likeness (QED) is 0.313. The second-order valence-electron chi connectivity index (χ2n) is 5.79. The van der Waals surface area contributed by atoms with Crippen LogP contribution < -0.4 is 15.4 Å². The fourth-order valence-corrected chi connectivity index (χ4v) is 2.41. The van der Waals surface area contributed by atoms with Crippen LogP contribution in [0.15, 0.2) is 41.4 Å². The van der Waals surface area contributed by atoms with Crippen LogP contribution in [0.2, 0.25) is 0 Å². The summed E-state index contributed by atoms with van der Waals surface area (Å²) in [5.41, 5.74) is 1.15. The van der Waals surface area contributed by atoms with Gasteiger partial charge in [0.25, 0.3) is 0 Å². The molecule has 4 nitrogen and oxygen atoms in total. The number of halogens is 1. The maximum Gasteiger partial charge on any atom is 0.191 e. The molecule has 2 rings (SSSR count). The number of aliphatic imine (C=N–C) groups is 1. The number of hydrogen-bond donors (Lipinski definition) is 2. The summed E-state index contributed by atoms with van der Waals surface area (Å²) >= 11 is 0. The van der Waals surface area contributed by atoms with Crippen molar-refractivity contribution in [1.82, 2.24) is 10.6 Å². The Kier molecular flexibility index (Phi) is 9.06. The predicted octanol–water partition coefficient (Wildman–Crippen LogP) is 3.87. The van der Waals surface area contributed by atoms with Crippen molar-refractivity contribution in [2.45, 2.75) is 52.3 Å². The fourth-order valence-electron chi connectivity index (χ4n) is 2.41.